The molecular weight excluding hydrogens is 292 g/mol. The molecule has 0 aliphatic carbocycles. The van der Waals surface area contributed by atoms with Crippen molar-refractivity contribution < 1.29 is 18.3 Å². The molecule has 21 heavy (non-hydrogen) atoms. The highest BCUT2D eigenvalue weighted by Gasteiger charge is 2.25. The first-order valence-corrected chi connectivity index (χ1v) is 7.90. The summed E-state index contributed by atoms with van der Waals surface area (Å²) in [5.41, 5.74) is 0.815. The molecule has 7 heteroatoms. The van der Waals surface area contributed by atoms with E-state index in [0.717, 1.165) is 0 Å². The lowest BCUT2D eigenvalue weighted by Gasteiger charge is -2.17. The van der Waals surface area contributed by atoms with Crippen LogP contribution in [0.25, 0.3) is 0 Å². The number of aliphatic carboxylic acids is 1. The van der Waals surface area contributed by atoms with Crippen LogP contribution in [-0.2, 0) is 14.8 Å². The quantitative estimate of drug-likeness (QED) is 0.828. The minimum absolute atomic E-state index is 0.0504. The van der Waals surface area contributed by atoms with Crippen molar-refractivity contribution in [2.24, 2.45) is 11.8 Å². The number of nitrogens with one attached hydrogen (secondary N) is 1. The van der Waals surface area contributed by atoms with Gasteiger partial charge in [-0.25, -0.2) is 13.1 Å². The molecule has 1 atom stereocenters. The summed E-state index contributed by atoms with van der Waals surface area (Å²) < 4.78 is 26.8. The van der Waals surface area contributed by atoms with Gasteiger partial charge in [0.2, 0.25) is 10.0 Å². The summed E-state index contributed by atoms with van der Waals surface area (Å²) >= 11 is 0. The van der Waals surface area contributed by atoms with E-state index in [-0.39, 0.29) is 17.4 Å². The van der Waals surface area contributed by atoms with Crippen molar-refractivity contribution in [1.29, 1.82) is 5.26 Å². The molecule has 0 heterocycles. The van der Waals surface area contributed by atoms with Gasteiger partial charge >= 0.3 is 5.97 Å². The number of nitrogens with zero attached hydrogens (tertiary/aromatic N) is 1. The molecule has 1 aromatic rings. The Morgan fingerprint density at radius 2 is 2.05 bits per heavy atom. The molecule has 0 saturated heterocycles. The number of aryl methyl sites for hydroxylation is 1. The van der Waals surface area contributed by atoms with Crippen LogP contribution >= 0.6 is 0 Å². The maximum absolute atomic E-state index is 12.2. The molecule has 0 bridgehead atoms. The van der Waals surface area contributed by atoms with E-state index in [1.54, 1.807) is 20.8 Å². The van der Waals surface area contributed by atoms with Crippen molar-refractivity contribution in [2.45, 2.75) is 25.7 Å². The van der Waals surface area contributed by atoms with E-state index in [1.165, 1.54) is 18.2 Å². The molecule has 0 aromatic heterocycles. The fraction of sp³-hybridized carbons (Fsp3) is 0.429. The van der Waals surface area contributed by atoms with Gasteiger partial charge in [-0.15, -0.1) is 0 Å². The van der Waals surface area contributed by atoms with Crippen molar-refractivity contribution in [3.8, 4) is 6.07 Å². The maximum Gasteiger partial charge on any atom is 0.308 e. The van der Waals surface area contributed by atoms with Gasteiger partial charge in [0, 0.05) is 6.54 Å². The Morgan fingerprint density at radius 1 is 1.43 bits per heavy atom. The van der Waals surface area contributed by atoms with Crippen LogP contribution in [0.2, 0.25) is 0 Å². The van der Waals surface area contributed by atoms with E-state index in [0.29, 0.717) is 11.1 Å². The Morgan fingerprint density at radius 3 is 2.48 bits per heavy atom. The third-order valence-corrected chi connectivity index (χ3v) is 4.79. The smallest absolute Gasteiger partial charge is 0.308 e. The predicted octanol–water partition coefficient (Wildman–Crippen LogP) is 1.50. The number of nitriles is 1. The second-order valence-electron chi connectivity index (χ2n) is 5.13. The molecule has 1 rings (SSSR count). The van der Waals surface area contributed by atoms with E-state index in [4.69, 9.17) is 10.4 Å². The normalized spacial score (nSPS) is 12.9. The van der Waals surface area contributed by atoms with Crippen LogP contribution in [0, 0.1) is 30.1 Å². The molecule has 6 nitrogen and oxygen atoms in total. The molecule has 1 aromatic carbocycles. The molecule has 0 fully saturated rings. The van der Waals surface area contributed by atoms with E-state index in [2.05, 4.69) is 4.72 Å². The zero-order valence-electron chi connectivity index (χ0n) is 12.1. The van der Waals surface area contributed by atoms with Gasteiger partial charge in [-0.2, -0.15) is 5.26 Å². The number of sulfonamides is 1. The monoisotopic (exact) mass is 310 g/mol. The molecule has 2 N–H and O–H groups in total. The van der Waals surface area contributed by atoms with Crippen LogP contribution in [0.3, 0.4) is 0 Å². The van der Waals surface area contributed by atoms with Crippen molar-refractivity contribution in [2.75, 3.05) is 6.54 Å². The van der Waals surface area contributed by atoms with Gasteiger partial charge in [-0.1, -0.05) is 13.8 Å². The van der Waals surface area contributed by atoms with Gasteiger partial charge in [-0.05, 0) is 36.6 Å². The van der Waals surface area contributed by atoms with Crippen LogP contribution in [0.1, 0.15) is 25.0 Å². The zero-order valence-corrected chi connectivity index (χ0v) is 12.9. The number of hydrogen-bond acceptors (Lipinski definition) is 4. The van der Waals surface area contributed by atoms with Crippen LogP contribution in [0.15, 0.2) is 23.1 Å². The summed E-state index contributed by atoms with van der Waals surface area (Å²) in [5.74, 6) is -2.02. The number of hydrogen-bond donors (Lipinski definition) is 2. The second kappa shape index (κ2) is 6.70. The first kappa shape index (κ1) is 17.1. The summed E-state index contributed by atoms with van der Waals surface area (Å²) in [6.45, 7) is 4.86. The number of carbonyl (C=O) groups is 1. The Hall–Kier alpha value is -1.91. The summed E-state index contributed by atoms with van der Waals surface area (Å²) in [4.78, 5) is 11.1. The van der Waals surface area contributed by atoms with Crippen molar-refractivity contribution in [3.63, 3.8) is 0 Å². The lowest BCUT2D eigenvalue weighted by Crippen LogP contribution is -2.35. The zero-order chi connectivity index (χ0) is 16.2. The summed E-state index contributed by atoms with van der Waals surface area (Å²) in [6.07, 6.45) is 0. The summed E-state index contributed by atoms with van der Waals surface area (Å²) in [7, 11) is -3.80. The molecule has 0 amide bonds. The van der Waals surface area contributed by atoms with Crippen molar-refractivity contribution in [3.05, 3.63) is 29.3 Å². The Kier molecular flexibility index (Phi) is 5.47. The van der Waals surface area contributed by atoms with Crippen LogP contribution in [0.4, 0.5) is 0 Å². The van der Waals surface area contributed by atoms with Crippen LogP contribution in [-0.4, -0.2) is 26.0 Å². The number of carboxylic acid groups (broad SMARTS) is 1. The third kappa shape index (κ3) is 4.28. The Bertz CT molecular complexity index is 675. The second-order valence-corrected chi connectivity index (χ2v) is 6.87. The highest BCUT2D eigenvalue weighted by Crippen LogP contribution is 2.17. The Balaban J connectivity index is 2.97. The van der Waals surface area contributed by atoms with E-state index < -0.39 is 21.9 Å². The topological polar surface area (TPSA) is 107 Å². The van der Waals surface area contributed by atoms with Gasteiger partial charge < -0.3 is 5.11 Å². The molecule has 0 aliphatic heterocycles. The molecule has 0 spiro atoms. The fourth-order valence-electron chi connectivity index (χ4n) is 1.91. The highest BCUT2D eigenvalue weighted by atomic mass is 32.2. The first-order chi connectivity index (χ1) is 9.69. The van der Waals surface area contributed by atoms with Crippen LogP contribution < -0.4 is 4.72 Å². The Labute approximate surface area is 124 Å². The minimum atomic E-state index is -3.80. The average molecular weight is 310 g/mol. The van der Waals surface area contributed by atoms with Crippen molar-refractivity contribution in [1.82, 2.24) is 4.72 Å². The maximum atomic E-state index is 12.2. The molecular formula is C14H18N2O4S. The standard InChI is InChI=1S/C14H18N2O4S/c1-9(2)12(14(17)18)8-16-21(19,20)13-5-4-11(7-15)6-10(13)3/h4-6,9,12,16H,8H2,1-3H3,(H,17,18). The largest absolute Gasteiger partial charge is 0.481 e. The molecule has 1 unspecified atom stereocenters. The predicted molar refractivity (Wildman–Crippen MR) is 77.0 cm³/mol. The lowest BCUT2D eigenvalue weighted by molar-refractivity contribution is -0.142. The number of benzene rings is 1. The van der Waals surface area contributed by atoms with Crippen LogP contribution in [0.5, 0.6) is 0 Å². The highest BCUT2D eigenvalue weighted by molar-refractivity contribution is 7.89. The van der Waals surface area contributed by atoms with Gasteiger partial charge in [0.05, 0.1) is 22.4 Å². The van der Waals surface area contributed by atoms with Gasteiger partial charge in [0.1, 0.15) is 0 Å². The molecule has 114 valence electrons. The molecule has 0 aliphatic rings. The molecule has 0 saturated carbocycles. The van der Waals surface area contributed by atoms with Gasteiger partial charge in [-0.3, -0.25) is 4.79 Å². The van der Waals surface area contributed by atoms with Gasteiger partial charge in [0.15, 0.2) is 0 Å². The third-order valence-electron chi connectivity index (χ3n) is 3.21. The summed E-state index contributed by atoms with van der Waals surface area (Å²) in [6, 6.07) is 6.18. The first-order valence-electron chi connectivity index (χ1n) is 6.42. The number of rotatable bonds is 6. The fourth-order valence-corrected chi connectivity index (χ4v) is 3.19. The van der Waals surface area contributed by atoms with Crippen molar-refractivity contribution >= 4 is 16.0 Å². The van der Waals surface area contributed by atoms with E-state index >= 15 is 0 Å². The minimum Gasteiger partial charge on any atom is -0.481 e. The van der Waals surface area contributed by atoms with Gasteiger partial charge in [0.25, 0.3) is 0 Å². The lowest BCUT2D eigenvalue weighted by atomic mass is 9.97. The average Bonchev–Trinajstić information content (AvgIpc) is 2.37. The van der Waals surface area contributed by atoms with E-state index in [9.17, 15) is 13.2 Å². The molecule has 0 radical (unpaired) electrons. The number of carboxylic acids is 1. The summed E-state index contributed by atoms with van der Waals surface area (Å²) in [5, 5.41) is 17.8. The van der Waals surface area contributed by atoms with E-state index in [1.807, 2.05) is 6.07 Å². The SMILES string of the molecule is Cc1cc(C#N)ccc1S(=O)(=O)NCC(C(=O)O)C(C)C.